The topological polar surface area (TPSA) is 15.3 Å². The third-order valence-corrected chi connectivity index (χ3v) is 4.45. The fourth-order valence-electron chi connectivity index (χ4n) is 2.82. The van der Waals surface area contributed by atoms with Gasteiger partial charge in [-0.25, -0.2) is 0 Å². The minimum Gasteiger partial charge on any atom is -0.314 e. The Hall–Kier alpha value is 0.270. The molecule has 0 radical (unpaired) electrons. The van der Waals surface area contributed by atoms with Crippen molar-refractivity contribution in [2.75, 3.05) is 38.7 Å². The third kappa shape index (κ3) is 6.12. The summed E-state index contributed by atoms with van der Waals surface area (Å²) in [6, 6.07) is 0.790. The van der Waals surface area contributed by atoms with Crippen LogP contribution >= 0.6 is 11.8 Å². The molecule has 2 atom stereocenters. The first kappa shape index (κ1) is 15.3. The van der Waals surface area contributed by atoms with Crippen LogP contribution in [0.4, 0.5) is 0 Å². The molecule has 0 amide bonds. The molecule has 0 spiro atoms. The maximum Gasteiger partial charge on any atom is 0.0107 e. The SMILES string of the molecule is CCCNC1CCCC1CN(C)CCCSC. The highest BCUT2D eigenvalue weighted by Gasteiger charge is 2.27. The van der Waals surface area contributed by atoms with Gasteiger partial charge in [0.1, 0.15) is 0 Å². The van der Waals surface area contributed by atoms with Crippen molar-refractivity contribution in [3.63, 3.8) is 0 Å². The normalized spacial score (nSPS) is 24.7. The van der Waals surface area contributed by atoms with Crippen LogP contribution in [-0.2, 0) is 0 Å². The molecule has 1 N–H and O–H groups in total. The summed E-state index contributed by atoms with van der Waals surface area (Å²) in [5, 5.41) is 3.72. The van der Waals surface area contributed by atoms with Gasteiger partial charge < -0.3 is 10.2 Å². The molecule has 0 heterocycles. The summed E-state index contributed by atoms with van der Waals surface area (Å²) < 4.78 is 0. The smallest absolute Gasteiger partial charge is 0.0107 e. The van der Waals surface area contributed by atoms with Gasteiger partial charge in [-0.3, -0.25) is 0 Å². The summed E-state index contributed by atoms with van der Waals surface area (Å²) in [7, 11) is 2.29. The van der Waals surface area contributed by atoms with Gasteiger partial charge in [0.25, 0.3) is 0 Å². The molecule has 1 aliphatic carbocycles. The van der Waals surface area contributed by atoms with E-state index in [0.29, 0.717) is 0 Å². The van der Waals surface area contributed by atoms with Crippen molar-refractivity contribution < 1.29 is 0 Å². The van der Waals surface area contributed by atoms with Crippen LogP contribution in [0.25, 0.3) is 0 Å². The van der Waals surface area contributed by atoms with Gasteiger partial charge in [0, 0.05) is 12.6 Å². The molecule has 3 heteroatoms. The molecular formula is C14H30N2S. The molecule has 1 rings (SSSR count). The molecule has 0 aromatic carbocycles. The number of hydrogen-bond acceptors (Lipinski definition) is 3. The monoisotopic (exact) mass is 258 g/mol. The summed E-state index contributed by atoms with van der Waals surface area (Å²) in [5.74, 6) is 2.19. The summed E-state index contributed by atoms with van der Waals surface area (Å²) in [6.45, 7) is 6.00. The number of rotatable bonds is 9. The second-order valence-corrected chi connectivity index (χ2v) is 6.35. The average Bonchev–Trinajstić information content (AvgIpc) is 2.74. The first-order chi connectivity index (χ1) is 8.27. The highest BCUT2D eigenvalue weighted by molar-refractivity contribution is 7.98. The van der Waals surface area contributed by atoms with E-state index < -0.39 is 0 Å². The molecule has 102 valence electrons. The van der Waals surface area contributed by atoms with Gasteiger partial charge in [0.05, 0.1) is 0 Å². The lowest BCUT2D eigenvalue weighted by atomic mass is 10.0. The highest BCUT2D eigenvalue weighted by Crippen LogP contribution is 2.26. The Morgan fingerprint density at radius 2 is 2.18 bits per heavy atom. The fraction of sp³-hybridized carbons (Fsp3) is 1.00. The van der Waals surface area contributed by atoms with Crippen LogP contribution in [0, 0.1) is 5.92 Å². The lowest BCUT2D eigenvalue weighted by molar-refractivity contribution is 0.252. The van der Waals surface area contributed by atoms with Crippen LogP contribution in [0.1, 0.15) is 39.0 Å². The molecule has 0 bridgehead atoms. The Labute approximate surface area is 112 Å². The second-order valence-electron chi connectivity index (χ2n) is 5.36. The van der Waals surface area contributed by atoms with Crippen LogP contribution in [-0.4, -0.2) is 49.6 Å². The van der Waals surface area contributed by atoms with E-state index in [1.54, 1.807) is 0 Å². The lowest BCUT2D eigenvalue weighted by Gasteiger charge is -2.26. The van der Waals surface area contributed by atoms with Crippen molar-refractivity contribution in [2.24, 2.45) is 5.92 Å². The molecule has 1 fully saturated rings. The van der Waals surface area contributed by atoms with Crippen LogP contribution in [0.15, 0.2) is 0 Å². The highest BCUT2D eigenvalue weighted by atomic mass is 32.2. The summed E-state index contributed by atoms with van der Waals surface area (Å²) in [5.41, 5.74) is 0. The number of nitrogens with zero attached hydrogens (tertiary/aromatic N) is 1. The van der Waals surface area contributed by atoms with Crippen LogP contribution in [0.2, 0.25) is 0 Å². The van der Waals surface area contributed by atoms with Crippen molar-refractivity contribution in [2.45, 2.75) is 45.1 Å². The molecule has 0 saturated heterocycles. The Kier molecular flexibility index (Phi) is 8.33. The van der Waals surface area contributed by atoms with E-state index in [2.05, 4.69) is 30.4 Å². The number of nitrogens with one attached hydrogen (secondary N) is 1. The Bertz CT molecular complexity index is 187. The van der Waals surface area contributed by atoms with Crippen molar-refractivity contribution >= 4 is 11.8 Å². The predicted molar refractivity (Wildman–Crippen MR) is 79.9 cm³/mol. The zero-order chi connectivity index (χ0) is 12.5. The van der Waals surface area contributed by atoms with Gasteiger partial charge in [-0.05, 0) is 63.7 Å². The standard InChI is InChI=1S/C14H30N2S/c1-4-9-15-14-8-5-7-13(14)12-16(2)10-6-11-17-3/h13-15H,4-12H2,1-3H3. The largest absolute Gasteiger partial charge is 0.314 e. The fourth-order valence-corrected chi connectivity index (χ4v) is 3.24. The Morgan fingerprint density at radius 1 is 1.35 bits per heavy atom. The van der Waals surface area contributed by atoms with Crippen molar-refractivity contribution in [3.8, 4) is 0 Å². The number of hydrogen-bond donors (Lipinski definition) is 1. The van der Waals surface area contributed by atoms with E-state index in [1.807, 2.05) is 11.8 Å². The van der Waals surface area contributed by atoms with Gasteiger partial charge in [-0.2, -0.15) is 11.8 Å². The average molecular weight is 258 g/mol. The zero-order valence-electron chi connectivity index (χ0n) is 11.9. The molecular weight excluding hydrogens is 228 g/mol. The second kappa shape index (κ2) is 9.23. The summed E-state index contributed by atoms with van der Waals surface area (Å²) in [4.78, 5) is 2.53. The lowest BCUT2D eigenvalue weighted by Crippen LogP contribution is -2.38. The first-order valence-corrected chi connectivity index (χ1v) is 8.58. The molecule has 1 saturated carbocycles. The maximum absolute atomic E-state index is 3.72. The molecule has 0 aliphatic heterocycles. The maximum atomic E-state index is 3.72. The molecule has 0 aromatic rings. The molecule has 0 aromatic heterocycles. The van der Waals surface area contributed by atoms with E-state index in [4.69, 9.17) is 0 Å². The molecule has 2 unspecified atom stereocenters. The van der Waals surface area contributed by atoms with Gasteiger partial charge in [-0.15, -0.1) is 0 Å². The summed E-state index contributed by atoms with van der Waals surface area (Å²) in [6.07, 6.45) is 9.02. The predicted octanol–water partition coefficient (Wildman–Crippen LogP) is 2.84. The Morgan fingerprint density at radius 3 is 2.88 bits per heavy atom. The van der Waals surface area contributed by atoms with Crippen molar-refractivity contribution in [3.05, 3.63) is 0 Å². The summed E-state index contributed by atoms with van der Waals surface area (Å²) >= 11 is 1.96. The van der Waals surface area contributed by atoms with Crippen molar-refractivity contribution in [1.82, 2.24) is 10.2 Å². The van der Waals surface area contributed by atoms with Crippen molar-refractivity contribution in [1.29, 1.82) is 0 Å². The molecule has 1 aliphatic rings. The van der Waals surface area contributed by atoms with E-state index >= 15 is 0 Å². The van der Waals surface area contributed by atoms with Crippen LogP contribution in [0.3, 0.4) is 0 Å². The zero-order valence-corrected chi connectivity index (χ0v) is 12.7. The van der Waals surface area contributed by atoms with E-state index in [9.17, 15) is 0 Å². The first-order valence-electron chi connectivity index (χ1n) is 7.18. The van der Waals surface area contributed by atoms with Gasteiger partial charge >= 0.3 is 0 Å². The van der Waals surface area contributed by atoms with E-state index in [0.717, 1.165) is 12.0 Å². The van der Waals surface area contributed by atoms with E-state index in [-0.39, 0.29) is 0 Å². The molecule has 17 heavy (non-hydrogen) atoms. The van der Waals surface area contributed by atoms with Crippen LogP contribution in [0.5, 0.6) is 0 Å². The minimum atomic E-state index is 0.790. The minimum absolute atomic E-state index is 0.790. The van der Waals surface area contributed by atoms with Gasteiger partial charge in [0.2, 0.25) is 0 Å². The third-order valence-electron chi connectivity index (χ3n) is 3.75. The van der Waals surface area contributed by atoms with E-state index in [1.165, 1.54) is 57.5 Å². The Balaban J connectivity index is 2.19. The van der Waals surface area contributed by atoms with Gasteiger partial charge in [-0.1, -0.05) is 13.3 Å². The van der Waals surface area contributed by atoms with Crippen LogP contribution < -0.4 is 5.32 Å². The number of thioether (sulfide) groups is 1. The quantitative estimate of drug-likeness (QED) is 0.640. The molecule has 2 nitrogen and oxygen atoms in total. The van der Waals surface area contributed by atoms with Gasteiger partial charge in [0.15, 0.2) is 0 Å².